The minimum absolute atomic E-state index is 0.0660. The summed E-state index contributed by atoms with van der Waals surface area (Å²) in [5.74, 6) is -0.538. The van der Waals surface area contributed by atoms with Crippen molar-refractivity contribution in [3.05, 3.63) is 59.9 Å². The van der Waals surface area contributed by atoms with E-state index in [1.54, 1.807) is 4.90 Å². The maximum atomic E-state index is 14.1. The van der Waals surface area contributed by atoms with Crippen LogP contribution < -0.4 is 10.2 Å². The number of rotatable bonds is 3. The summed E-state index contributed by atoms with van der Waals surface area (Å²) in [6.45, 7) is 1.19. The van der Waals surface area contributed by atoms with E-state index in [1.165, 1.54) is 23.1 Å². The summed E-state index contributed by atoms with van der Waals surface area (Å²) >= 11 is 0. The van der Waals surface area contributed by atoms with Crippen molar-refractivity contribution in [2.45, 2.75) is 25.3 Å². The third-order valence-electron chi connectivity index (χ3n) is 5.03. The predicted octanol–water partition coefficient (Wildman–Crippen LogP) is 3.93. The third kappa shape index (κ3) is 3.03. The minimum Gasteiger partial charge on any atom is -0.317 e. The fourth-order valence-corrected chi connectivity index (χ4v) is 3.55. The van der Waals surface area contributed by atoms with E-state index in [0.717, 1.165) is 18.4 Å². The van der Waals surface area contributed by atoms with E-state index >= 15 is 0 Å². The predicted molar refractivity (Wildman–Crippen MR) is 97.5 cm³/mol. The topological polar surface area (TPSA) is 52.7 Å². The number of halogens is 1. The van der Waals surface area contributed by atoms with Crippen molar-refractivity contribution in [2.75, 3.05) is 23.3 Å². The Hall–Kier alpha value is -2.89. The molecule has 2 aliphatic rings. The number of carbonyl (C=O) groups is 2. The molecule has 2 fully saturated rings. The SMILES string of the molecule is O=C1CCCN1c1cc(NC(=O)N2CCC2c2ccccc2)ccc1F. The van der Waals surface area contributed by atoms with E-state index in [-0.39, 0.29) is 23.7 Å². The lowest BCUT2D eigenvalue weighted by Gasteiger charge is -2.41. The van der Waals surface area contributed by atoms with Gasteiger partial charge in [-0.3, -0.25) is 4.79 Å². The first-order valence-electron chi connectivity index (χ1n) is 8.86. The number of nitrogens with zero attached hydrogens (tertiary/aromatic N) is 2. The first-order chi connectivity index (χ1) is 12.6. The Bertz CT molecular complexity index is 840. The van der Waals surface area contributed by atoms with Crippen molar-refractivity contribution in [1.82, 2.24) is 4.90 Å². The van der Waals surface area contributed by atoms with Crippen LogP contribution in [-0.4, -0.2) is 29.9 Å². The summed E-state index contributed by atoms with van der Waals surface area (Å²) in [5, 5.41) is 2.83. The molecule has 2 aromatic carbocycles. The fourth-order valence-electron chi connectivity index (χ4n) is 3.55. The van der Waals surface area contributed by atoms with Gasteiger partial charge in [0.1, 0.15) is 5.82 Å². The standard InChI is InChI=1S/C20H20FN3O2/c21-16-9-8-15(13-18(16)23-11-4-7-19(23)25)22-20(26)24-12-10-17(24)14-5-2-1-3-6-14/h1-3,5-6,8-9,13,17H,4,7,10-12H2,(H,22,26). The van der Waals surface area contributed by atoms with E-state index in [4.69, 9.17) is 0 Å². The Morgan fingerprint density at radius 3 is 2.58 bits per heavy atom. The van der Waals surface area contributed by atoms with Gasteiger partial charge < -0.3 is 15.1 Å². The van der Waals surface area contributed by atoms with Gasteiger partial charge in [-0.25, -0.2) is 9.18 Å². The van der Waals surface area contributed by atoms with Crippen LogP contribution in [0, 0.1) is 5.82 Å². The molecule has 2 saturated heterocycles. The van der Waals surface area contributed by atoms with E-state index in [1.807, 2.05) is 30.3 Å². The Morgan fingerprint density at radius 2 is 1.92 bits per heavy atom. The highest BCUT2D eigenvalue weighted by molar-refractivity contribution is 5.97. The zero-order chi connectivity index (χ0) is 18.1. The third-order valence-corrected chi connectivity index (χ3v) is 5.03. The largest absolute Gasteiger partial charge is 0.322 e. The summed E-state index contributed by atoms with van der Waals surface area (Å²) in [7, 11) is 0. The van der Waals surface area contributed by atoms with Crippen molar-refractivity contribution in [3.8, 4) is 0 Å². The maximum absolute atomic E-state index is 14.1. The van der Waals surface area contributed by atoms with Crippen LogP contribution in [0.25, 0.3) is 0 Å². The highest BCUT2D eigenvalue weighted by Crippen LogP contribution is 2.34. The molecule has 4 rings (SSSR count). The quantitative estimate of drug-likeness (QED) is 0.909. The second kappa shape index (κ2) is 6.78. The number of amides is 3. The normalized spacial score (nSPS) is 19.4. The molecule has 1 unspecified atom stereocenters. The van der Waals surface area contributed by atoms with Gasteiger partial charge in [0, 0.05) is 25.2 Å². The molecule has 1 atom stereocenters. The number of likely N-dealkylation sites (tertiary alicyclic amines) is 1. The van der Waals surface area contributed by atoms with Crippen molar-refractivity contribution < 1.29 is 14.0 Å². The Morgan fingerprint density at radius 1 is 1.12 bits per heavy atom. The van der Waals surface area contributed by atoms with E-state index in [0.29, 0.717) is 25.2 Å². The fraction of sp³-hybridized carbons (Fsp3) is 0.300. The monoisotopic (exact) mass is 353 g/mol. The smallest absolute Gasteiger partial charge is 0.317 e. The second-order valence-corrected chi connectivity index (χ2v) is 6.65. The molecule has 0 radical (unpaired) electrons. The van der Waals surface area contributed by atoms with Crippen molar-refractivity contribution in [2.24, 2.45) is 0 Å². The number of urea groups is 1. The van der Waals surface area contributed by atoms with Crippen molar-refractivity contribution in [3.63, 3.8) is 0 Å². The molecule has 1 N–H and O–H groups in total. The molecule has 0 bridgehead atoms. The van der Waals surface area contributed by atoms with E-state index in [2.05, 4.69) is 5.32 Å². The number of hydrogen-bond donors (Lipinski definition) is 1. The molecule has 6 heteroatoms. The first kappa shape index (κ1) is 16.6. The van der Waals surface area contributed by atoms with Crippen molar-refractivity contribution in [1.29, 1.82) is 0 Å². The van der Waals surface area contributed by atoms with Gasteiger partial charge in [0.25, 0.3) is 0 Å². The molecule has 26 heavy (non-hydrogen) atoms. The Balaban J connectivity index is 1.49. The van der Waals surface area contributed by atoms with Crippen LogP contribution >= 0.6 is 0 Å². The van der Waals surface area contributed by atoms with Crippen molar-refractivity contribution >= 4 is 23.3 Å². The molecule has 5 nitrogen and oxygen atoms in total. The molecule has 3 amide bonds. The number of benzene rings is 2. The zero-order valence-electron chi connectivity index (χ0n) is 14.3. The van der Waals surface area contributed by atoms with Gasteiger partial charge in [-0.1, -0.05) is 30.3 Å². The average molecular weight is 353 g/mol. The van der Waals surface area contributed by atoms with Crippen LogP contribution in [0.15, 0.2) is 48.5 Å². The molecule has 0 aliphatic carbocycles. The van der Waals surface area contributed by atoms with Gasteiger partial charge in [0.2, 0.25) is 5.91 Å². The lowest BCUT2D eigenvalue weighted by Crippen LogP contribution is -2.47. The maximum Gasteiger partial charge on any atom is 0.322 e. The van der Waals surface area contributed by atoms with Gasteiger partial charge in [0.05, 0.1) is 11.7 Å². The van der Waals surface area contributed by atoms with Gasteiger partial charge in [-0.05, 0) is 36.6 Å². The first-order valence-corrected chi connectivity index (χ1v) is 8.86. The lowest BCUT2D eigenvalue weighted by atomic mass is 9.95. The Labute approximate surface area is 151 Å². The van der Waals surface area contributed by atoms with Crippen LogP contribution in [0.2, 0.25) is 0 Å². The summed E-state index contributed by atoms with van der Waals surface area (Å²) in [6.07, 6.45) is 2.08. The average Bonchev–Trinajstić information content (AvgIpc) is 3.02. The van der Waals surface area contributed by atoms with E-state index in [9.17, 15) is 14.0 Å². The minimum atomic E-state index is -0.454. The number of carbonyl (C=O) groups excluding carboxylic acids is 2. The molecule has 0 spiro atoms. The number of anilines is 2. The highest BCUT2D eigenvalue weighted by Gasteiger charge is 2.33. The van der Waals surface area contributed by atoms with Crippen LogP contribution in [0.4, 0.5) is 20.6 Å². The summed E-state index contributed by atoms with van der Waals surface area (Å²) in [4.78, 5) is 27.7. The van der Waals surface area contributed by atoms with E-state index < -0.39 is 5.82 Å². The summed E-state index contributed by atoms with van der Waals surface area (Å²) in [6, 6.07) is 14.1. The summed E-state index contributed by atoms with van der Waals surface area (Å²) in [5.41, 5.74) is 1.83. The molecule has 0 aromatic heterocycles. The number of nitrogens with one attached hydrogen (secondary N) is 1. The lowest BCUT2D eigenvalue weighted by molar-refractivity contribution is -0.117. The molecular weight excluding hydrogens is 333 g/mol. The van der Waals surface area contributed by atoms with Crippen LogP contribution in [-0.2, 0) is 4.79 Å². The highest BCUT2D eigenvalue weighted by atomic mass is 19.1. The molecule has 2 aliphatic heterocycles. The molecule has 2 aromatic rings. The van der Waals surface area contributed by atoms with Gasteiger partial charge in [-0.2, -0.15) is 0 Å². The zero-order valence-corrected chi connectivity index (χ0v) is 14.3. The Kier molecular flexibility index (Phi) is 4.32. The van der Waals surface area contributed by atoms with Gasteiger partial charge in [-0.15, -0.1) is 0 Å². The molecule has 2 heterocycles. The molecular formula is C20H20FN3O2. The van der Waals surface area contributed by atoms with Crippen LogP contribution in [0.1, 0.15) is 30.9 Å². The van der Waals surface area contributed by atoms with Gasteiger partial charge in [0.15, 0.2) is 0 Å². The van der Waals surface area contributed by atoms with Crippen LogP contribution in [0.5, 0.6) is 0 Å². The summed E-state index contributed by atoms with van der Waals surface area (Å²) < 4.78 is 14.1. The van der Waals surface area contributed by atoms with Crippen LogP contribution in [0.3, 0.4) is 0 Å². The molecule has 0 saturated carbocycles. The second-order valence-electron chi connectivity index (χ2n) is 6.65. The van der Waals surface area contributed by atoms with Gasteiger partial charge >= 0.3 is 6.03 Å². The number of hydrogen-bond acceptors (Lipinski definition) is 2. The molecule has 134 valence electrons.